The van der Waals surface area contributed by atoms with E-state index in [4.69, 9.17) is 4.74 Å². The van der Waals surface area contributed by atoms with Crippen molar-refractivity contribution in [3.8, 4) is 5.75 Å². The first-order valence-corrected chi connectivity index (χ1v) is 7.16. The SMILES string of the molecule is CCN(Cc1cc(OC)ccc1Br)c1ccccc1. The lowest BCUT2D eigenvalue weighted by Crippen LogP contribution is -2.22. The molecule has 19 heavy (non-hydrogen) atoms. The molecule has 0 fully saturated rings. The van der Waals surface area contributed by atoms with Crippen molar-refractivity contribution in [1.29, 1.82) is 0 Å². The average molecular weight is 320 g/mol. The summed E-state index contributed by atoms with van der Waals surface area (Å²) in [6.45, 7) is 3.99. The molecule has 0 amide bonds. The van der Waals surface area contributed by atoms with E-state index in [1.165, 1.54) is 11.3 Å². The zero-order valence-corrected chi connectivity index (χ0v) is 12.9. The summed E-state index contributed by atoms with van der Waals surface area (Å²) in [7, 11) is 1.70. The molecule has 3 heteroatoms. The maximum absolute atomic E-state index is 5.29. The Hall–Kier alpha value is -1.48. The van der Waals surface area contributed by atoms with Crippen molar-refractivity contribution in [2.45, 2.75) is 13.5 Å². The Kier molecular flexibility index (Phi) is 4.86. The number of hydrogen-bond acceptors (Lipinski definition) is 2. The van der Waals surface area contributed by atoms with Crippen molar-refractivity contribution in [2.24, 2.45) is 0 Å². The minimum atomic E-state index is 0.859. The summed E-state index contributed by atoms with van der Waals surface area (Å²) in [6.07, 6.45) is 0. The first-order chi connectivity index (χ1) is 9.24. The van der Waals surface area contributed by atoms with Crippen LogP contribution in [0.25, 0.3) is 0 Å². The number of methoxy groups -OCH3 is 1. The van der Waals surface area contributed by atoms with Crippen LogP contribution in [0.1, 0.15) is 12.5 Å². The molecular weight excluding hydrogens is 302 g/mol. The van der Waals surface area contributed by atoms with Gasteiger partial charge in [0.25, 0.3) is 0 Å². The normalized spacial score (nSPS) is 10.3. The molecule has 0 aliphatic heterocycles. The van der Waals surface area contributed by atoms with E-state index in [1.54, 1.807) is 7.11 Å². The van der Waals surface area contributed by atoms with Gasteiger partial charge >= 0.3 is 0 Å². The molecule has 0 heterocycles. The van der Waals surface area contributed by atoms with Gasteiger partial charge in [0.2, 0.25) is 0 Å². The van der Waals surface area contributed by atoms with Crippen molar-refractivity contribution in [3.05, 3.63) is 58.6 Å². The fraction of sp³-hybridized carbons (Fsp3) is 0.250. The van der Waals surface area contributed by atoms with Gasteiger partial charge in [0, 0.05) is 23.2 Å². The molecule has 2 aromatic carbocycles. The van der Waals surface area contributed by atoms with Gasteiger partial charge in [-0.3, -0.25) is 0 Å². The topological polar surface area (TPSA) is 12.5 Å². The Morgan fingerprint density at radius 1 is 1.11 bits per heavy atom. The summed E-state index contributed by atoms with van der Waals surface area (Å²) in [4.78, 5) is 2.33. The van der Waals surface area contributed by atoms with Gasteiger partial charge in [-0.1, -0.05) is 34.1 Å². The van der Waals surface area contributed by atoms with E-state index in [-0.39, 0.29) is 0 Å². The zero-order valence-electron chi connectivity index (χ0n) is 11.3. The molecule has 0 atom stereocenters. The Morgan fingerprint density at radius 3 is 2.47 bits per heavy atom. The monoisotopic (exact) mass is 319 g/mol. The van der Waals surface area contributed by atoms with Crippen LogP contribution in [0.3, 0.4) is 0 Å². The molecule has 0 radical (unpaired) electrons. The number of benzene rings is 2. The summed E-state index contributed by atoms with van der Waals surface area (Å²) in [5, 5.41) is 0. The van der Waals surface area contributed by atoms with Gasteiger partial charge in [-0.15, -0.1) is 0 Å². The standard InChI is InChI=1S/C16H18BrNO/c1-3-18(14-7-5-4-6-8-14)12-13-11-15(19-2)9-10-16(13)17/h4-11H,3,12H2,1-2H3. The summed E-state index contributed by atoms with van der Waals surface area (Å²) >= 11 is 3.61. The quantitative estimate of drug-likeness (QED) is 0.805. The molecule has 0 unspecified atom stereocenters. The lowest BCUT2D eigenvalue weighted by molar-refractivity contribution is 0.414. The minimum Gasteiger partial charge on any atom is -0.497 e. The van der Waals surface area contributed by atoms with E-state index < -0.39 is 0 Å². The van der Waals surface area contributed by atoms with Crippen LogP contribution in [0.5, 0.6) is 5.75 Å². The second-order valence-electron chi connectivity index (χ2n) is 4.31. The second-order valence-corrected chi connectivity index (χ2v) is 5.16. The summed E-state index contributed by atoms with van der Waals surface area (Å²) in [6, 6.07) is 16.5. The molecule has 2 aromatic rings. The van der Waals surface area contributed by atoms with Gasteiger partial charge in [-0.2, -0.15) is 0 Å². The first-order valence-electron chi connectivity index (χ1n) is 6.37. The maximum atomic E-state index is 5.29. The van der Waals surface area contributed by atoms with Crippen LogP contribution in [0.2, 0.25) is 0 Å². The van der Waals surface area contributed by atoms with Crippen LogP contribution in [0.4, 0.5) is 5.69 Å². The van der Waals surface area contributed by atoms with Crippen LogP contribution >= 0.6 is 15.9 Å². The third-order valence-electron chi connectivity index (χ3n) is 3.12. The summed E-state index contributed by atoms with van der Waals surface area (Å²) in [5.41, 5.74) is 2.46. The van der Waals surface area contributed by atoms with Crippen LogP contribution in [-0.4, -0.2) is 13.7 Å². The number of halogens is 1. The highest BCUT2D eigenvalue weighted by atomic mass is 79.9. The van der Waals surface area contributed by atoms with Crippen molar-refractivity contribution in [3.63, 3.8) is 0 Å². The molecule has 0 bridgehead atoms. The number of hydrogen-bond donors (Lipinski definition) is 0. The van der Waals surface area contributed by atoms with E-state index in [0.29, 0.717) is 0 Å². The summed E-state index contributed by atoms with van der Waals surface area (Å²) in [5.74, 6) is 0.891. The number of ether oxygens (including phenoxy) is 1. The molecule has 0 saturated carbocycles. The largest absolute Gasteiger partial charge is 0.497 e. The highest BCUT2D eigenvalue weighted by molar-refractivity contribution is 9.10. The van der Waals surface area contributed by atoms with Gasteiger partial charge in [-0.05, 0) is 42.8 Å². The molecule has 0 saturated heterocycles. The molecule has 0 spiro atoms. The number of para-hydroxylation sites is 1. The Bertz CT molecular complexity index is 528. The lowest BCUT2D eigenvalue weighted by Gasteiger charge is -2.24. The highest BCUT2D eigenvalue weighted by Crippen LogP contribution is 2.25. The second kappa shape index (κ2) is 6.62. The van der Waals surface area contributed by atoms with Crippen LogP contribution < -0.4 is 9.64 Å². The smallest absolute Gasteiger partial charge is 0.119 e. The Morgan fingerprint density at radius 2 is 1.84 bits per heavy atom. The Balaban J connectivity index is 2.23. The molecule has 0 aliphatic carbocycles. The van der Waals surface area contributed by atoms with Gasteiger partial charge in [0.1, 0.15) is 5.75 Å². The molecular formula is C16H18BrNO. The molecule has 0 N–H and O–H groups in total. The first kappa shape index (κ1) is 13.9. The van der Waals surface area contributed by atoms with E-state index in [1.807, 2.05) is 18.2 Å². The maximum Gasteiger partial charge on any atom is 0.119 e. The zero-order chi connectivity index (χ0) is 13.7. The molecule has 0 aromatic heterocycles. The van der Waals surface area contributed by atoms with Gasteiger partial charge in [0.15, 0.2) is 0 Å². The Labute approximate surface area is 123 Å². The van der Waals surface area contributed by atoms with Crippen LogP contribution in [-0.2, 0) is 6.54 Å². The van der Waals surface area contributed by atoms with Crippen LogP contribution in [0, 0.1) is 0 Å². The fourth-order valence-electron chi connectivity index (χ4n) is 2.03. The highest BCUT2D eigenvalue weighted by Gasteiger charge is 2.08. The summed E-state index contributed by atoms with van der Waals surface area (Å²) < 4.78 is 6.41. The number of nitrogens with zero attached hydrogens (tertiary/aromatic N) is 1. The number of anilines is 1. The third-order valence-corrected chi connectivity index (χ3v) is 3.89. The van der Waals surface area contributed by atoms with Crippen molar-refractivity contribution in [2.75, 3.05) is 18.6 Å². The molecule has 100 valence electrons. The third kappa shape index (κ3) is 3.51. The van der Waals surface area contributed by atoms with Gasteiger partial charge in [-0.25, -0.2) is 0 Å². The van der Waals surface area contributed by atoms with Gasteiger partial charge < -0.3 is 9.64 Å². The van der Waals surface area contributed by atoms with Crippen molar-refractivity contribution in [1.82, 2.24) is 0 Å². The minimum absolute atomic E-state index is 0.859. The molecule has 2 nitrogen and oxygen atoms in total. The van der Waals surface area contributed by atoms with E-state index >= 15 is 0 Å². The predicted octanol–water partition coefficient (Wildman–Crippen LogP) is 4.48. The van der Waals surface area contributed by atoms with Crippen molar-refractivity contribution >= 4 is 21.6 Å². The number of rotatable bonds is 5. The molecule has 2 rings (SSSR count). The molecule has 0 aliphatic rings. The van der Waals surface area contributed by atoms with Gasteiger partial charge in [0.05, 0.1) is 7.11 Å². The van der Waals surface area contributed by atoms with E-state index in [2.05, 4.69) is 58.1 Å². The van der Waals surface area contributed by atoms with E-state index in [9.17, 15) is 0 Å². The van der Waals surface area contributed by atoms with E-state index in [0.717, 1.165) is 23.3 Å². The fourth-order valence-corrected chi connectivity index (χ4v) is 2.40. The predicted molar refractivity (Wildman–Crippen MR) is 83.9 cm³/mol. The van der Waals surface area contributed by atoms with Crippen molar-refractivity contribution < 1.29 is 4.74 Å². The lowest BCUT2D eigenvalue weighted by atomic mass is 10.2. The average Bonchev–Trinajstić information content (AvgIpc) is 2.47. The van der Waals surface area contributed by atoms with Crippen LogP contribution in [0.15, 0.2) is 53.0 Å².